The van der Waals surface area contributed by atoms with E-state index in [0.29, 0.717) is 4.47 Å². The second-order valence-corrected chi connectivity index (χ2v) is 3.20. The number of phenolic OH excluding ortho intramolecular Hbond substituents is 1. The van der Waals surface area contributed by atoms with Gasteiger partial charge in [0.05, 0.1) is 6.54 Å². The highest BCUT2D eigenvalue weighted by atomic mass is 79.9. The monoisotopic (exact) mass is 245 g/mol. The van der Waals surface area contributed by atoms with Crippen molar-refractivity contribution in [1.82, 2.24) is 0 Å². The zero-order valence-electron chi connectivity index (χ0n) is 6.41. The van der Waals surface area contributed by atoms with Gasteiger partial charge in [0.1, 0.15) is 0 Å². The van der Waals surface area contributed by atoms with Gasteiger partial charge in [-0.1, -0.05) is 21.0 Å². The Balaban J connectivity index is 3.12. The van der Waals surface area contributed by atoms with Crippen molar-refractivity contribution in [3.63, 3.8) is 0 Å². The Morgan fingerprint density at radius 2 is 2.31 bits per heavy atom. The minimum Gasteiger partial charge on any atom is -0.505 e. The zero-order chi connectivity index (χ0) is 9.84. The molecule has 0 unspecified atom stereocenters. The molecule has 0 saturated heterocycles. The first-order valence-electron chi connectivity index (χ1n) is 3.33. The molecule has 68 valence electrons. The fourth-order valence-corrected chi connectivity index (χ4v) is 1.32. The normalized spacial score (nSPS) is 9.38. The second kappa shape index (κ2) is 4.11. The molecule has 0 aliphatic carbocycles. The van der Waals surface area contributed by atoms with Crippen LogP contribution in [0, 0.1) is 5.82 Å². The van der Waals surface area contributed by atoms with E-state index in [9.17, 15) is 4.39 Å². The lowest BCUT2D eigenvalue weighted by Gasteiger charge is -2.02. The summed E-state index contributed by atoms with van der Waals surface area (Å²) in [4.78, 5) is 2.51. The van der Waals surface area contributed by atoms with Crippen molar-refractivity contribution >= 4 is 15.9 Å². The van der Waals surface area contributed by atoms with E-state index in [4.69, 9.17) is 10.6 Å². The van der Waals surface area contributed by atoms with Crippen LogP contribution >= 0.6 is 15.9 Å². The van der Waals surface area contributed by atoms with Crippen molar-refractivity contribution in [3.05, 3.63) is 38.4 Å². The number of halogens is 2. The van der Waals surface area contributed by atoms with E-state index in [1.54, 1.807) is 0 Å². The number of rotatable bonds is 2. The summed E-state index contributed by atoms with van der Waals surface area (Å²) >= 11 is 3.05. The molecule has 0 aliphatic rings. The van der Waals surface area contributed by atoms with Crippen molar-refractivity contribution in [1.29, 1.82) is 0 Å². The molecule has 0 aliphatic heterocycles. The van der Waals surface area contributed by atoms with Gasteiger partial charge >= 0.3 is 0 Å². The summed E-state index contributed by atoms with van der Waals surface area (Å²) in [5.74, 6) is -1.21. The molecule has 0 fully saturated rings. The van der Waals surface area contributed by atoms with E-state index in [-0.39, 0.29) is 12.1 Å². The van der Waals surface area contributed by atoms with Crippen LogP contribution < -0.4 is 0 Å². The van der Waals surface area contributed by atoms with Crippen molar-refractivity contribution < 1.29 is 9.50 Å². The van der Waals surface area contributed by atoms with Crippen LogP contribution in [0.2, 0.25) is 0 Å². The van der Waals surface area contributed by atoms with Gasteiger partial charge in [0.15, 0.2) is 11.6 Å². The van der Waals surface area contributed by atoms with Gasteiger partial charge in [0.25, 0.3) is 0 Å². The lowest BCUT2D eigenvalue weighted by atomic mass is 10.2. The van der Waals surface area contributed by atoms with E-state index in [1.165, 1.54) is 6.07 Å². The number of hydrogen-bond donors (Lipinski definition) is 1. The van der Waals surface area contributed by atoms with Crippen molar-refractivity contribution in [2.45, 2.75) is 6.54 Å². The number of nitrogens with zero attached hydrogens (tertiary/aromatic N) is 3. The summed E-state index contributed by atoms with van der Waals surface area (Å²) < 4.78 is 13.3. The highest BCUT2D eigenvalue weighted by Crippen LogP contribution is 2.26. The van der Waals surface area contributed by atoms with Crippen LogP contribution in [0.15, 0.2) is 21.7 Å². The van der Waals surface area contributed by atoms with Gasteiger partial charge in [0, 0.05) is 14.9 Å². The van der Waals surface area contributed by atoms with Gasteiger partial charge in [-0.3, -0.25) is 0 Å². The molecule has 1 aromatic rings. The summed E-state index contributed by atoms with van der Waals surface area (Å²) in [7, 11) is 0. The summed E-state index contributed by atoms with van der Waals surface area (Å²) in [6, 6.07) is 2.63. The number of phenols is 1. The molecule has 1 N–H and O–H groups in total. The predicted octanol–water partition coefficient (Wildman–Crippen LogP) is 3.10. The lowest BCUT2D eigenvalue weighted by molar-refractivity contribution is 0.425. The van der Waals surface area contributed by atoms with Gasteiger partial charge < -0.3 is 5.11 Å². The smallest absolute Gasteiger partial charge is 0.166 e. The third kappa shape index (κ3) is 2.34. The molecule has 1 rings (SSSR count). The molecule has 0 bridgehead atoms. The highest BCUT2D eigenvalue weighted by Gasteiger charge is 2.07. The predicted molar refractivity (Wildman–Crippen MR) is 48.6 cm³/mol. The molecule has 6 heteroatoms. The fraction of sp³-hybridized carbons (Fsp3) is 0.143. The van der Waals surface area contributed by atoms with Crippen LogP contribution in [0.1, 0.15) is 5.56 Å². The first-order valence-corrected chi connectivity index (χ1v) is 4.12. The first-order chi connectivity index (χ1) is 6.15. The first kappa shape index (κ1) is 9.83. The molecule has 0 heterocycles. The molecule has 4 nitrogen and oxygen atoms in total. The molecule has 1 aromatic carbocycles. The van der Waals surface area contributed by atoms with Crippen LogP contribution in [0.3, 0.4) is 0 Å². The third-order valence-corrected chi connectivity index (χ3v) is 1.87. The maximum Gasteiger partial charge on any atom is 0.166 e. The largest absolute Gasteiger partial charge is 0.505 e. The van der Waals surface area contributed by atoms with Gasteiger partial charge in [-0.15, -0.1) is 0 Å². The van der Waals surface area contributed by atoms with E-state index in [1.807, 2.05) is 0 Å². The molecule has 13 heavy (non-hydrogen) atoms. The Kier molecular flexibility index (Phi) is 3.11. The Labute approximate surface area is 81.8 Å². The molecular weight excluding hydrogens is 241 g/mol. The number of aromatic hydroxyl groups is 1. The van der Waals surface area contributed by atoms with Crippen LogP contribution in [-0.4, -0.2) is 5.11 Å². The maximum absolute atomic E-state index is 12.9. The van der Waals surface area contributed by atoms with Crippen molar-refractivity contribution in [2.75, 3.05) is 0 Å². The van der Waals surface area contributed by atoms with Gasteiger partial charge in [-0.2, -0.15) is 0 Å². The zero-order valence-corrected chi connectivity index (χ0v) is 7.99. The minimum atomic E-state index is -0.738. The fourth-order valence-electron chi connectivity index (χ4n) is 0.848. The molecule has 0 saturated carbocycles. The Morgan fingerprint density at radius 1 is 1.62 bits per heavy atom. The average Bonchev–Trinajstić information content (AvgIpc) is 2.09. The summed E-state index contributed by atoms with van der Waals surface area (Å²) in [6.45, 7) is -0.0707. The van der Waals surface area contributed by atoms with E-state index in [2.05, 4.69) is 26.0 Å². The minimum absolute atomic E-state index is 0.0707. The molecule has 0 radical (unpaired) electrons. The molecular formula is C7H5BrFN3O. The van der Waals surface area contributed by atoms with E-state index < -0.39 is 11.6 Å². The molecule has 0 aromatic heterocycles. The van der Waals surface area contributed by atoms with Crippen LogP contribution in [0.25, 0.3) is 10.4 Å². The maximum atomic E-state index is 12.9. The SMILES string of the molecule is [N-]=[N+]=NCc1cc(Br)cc(F)c1O. The third-order valence-electron chi connectivity index (χ3n) is 1.41. The topological polar surface area (TPSA) is 69.0 Å². The number of azide groups is 1. The van der Waals surface area contributed by atoms with Crippen LogP contribution in [-0.2, 0) is 6.54 Å². The van der Waals surface area contributed by atoms with Gasteiger partial charge in [0.2, 0.25) is 0 Å². The van der Waals surface area contributed by atoms with Crippen molar-refractivity contribution in [3.8, 4) is 5.75 Å². The Morgan fingerprint density at radius 3 is 2.92 bits per heavy atom. The van der Waals surface area contributed by atoms with Crippen molar-refractivity contribution in [2.24, 2.45) is 5.11 Å². The standard InChI is InChI=1S/C7H5BrFN3O/c8-5-1-4(3-11-12-10)7(13)6(9)2-5/h1-2,13H,3H2. The summed E-state index contributed by atoms with van der Waals surface area (Å²) in [5, 5.41) is 12.4. The van der Waals surface area contributed by atoms with E-state index in [0.717, 1.165) is 6.07 Å². The average molecular weight is 246 g/mol. The Hall–Kier alpha value is -1.26. The second-order valence-electron chi connectivity index (χ2n) is 2.28. The highest BCUT2D eigenvalue weighted by molar-refractivity contribution is 9.10. The quantitative estimate of drug-likeness (QED) is 0.486. The Bertz CT molecular complexity index is 376. The van der Waals surface area contributed by atoms with E-state index >= 15 is 0 Å². The number of hydrogen-bond acceptors (Lipinski definition) is 2. The summed E-state index contributed by atoms with van der Waals surface area (Å²) in [6.07, 6.45) is 0. The molecule has 0 spiro atoms. The lowest BCUT2D eigenvalue weighted by Crippen LogP contribution is -1.86. The molecule has 0 atom stereocenters. The molecule has 0 amide bonds. The van der Waals surface area contributed by atoms with Gasteiger partial charge in [-0.25, -0.2) is 4.39 Å². The van der Waals surface area contributed by atoms with Gasteiger partial charge in [-0.05, 0) is 17.7 Å². The number of benzene rings is 1. The summed E-state index contributed by atoms with van der Waals surface area (Å²) in [5.41, 5.74) is 8.28. The van der Waals surface area contributed by atoms with Crippen LogP contribution in [0.5, 0.6) is 5.75 Å². The van der Waals surface area contributed by atoms with Crippen LogP contribution in [0.4, 0.5) is 4.39 Å².